The number of aliphatic hydroxyl groups excluding tert-OH is 1. The van der Waals surface area contributed by atoms with E-state index < -0.39 is 6.04 Å². The number of aliphatic hydroxyl groups is 1. The first-order valence-electron chi connectivity index (χ1n) is 4.70. The lowest BCUT2D eigenvalue weighted by molar-refractivity contribution is -0.0941. The molecule has 2 rings (SSSR count). The highest BCUT2D eigenvalue weighted by Gasteiger charge is 2.23. The van der Waals surface area contributed by atoms with Crippen LogP contribution in [0.25, 0.3) is 0 Å². The van der Waals surface area contributed by atoms with Crippen molar-refractivity contribution in [3.8, 4) is 0 Å². The van der Waals surface area contributed by atoms with Crippen LogP contribution in [0, 0.1) is 0 Å². The van der Waals surface area contributed by atoms with E-state index in [9.17, 15) is 0 Å². The fourth-order valence-corrected chi connectivity index (χ4v) is 1.24. The molecule has 1 aromatic heterocycles. The Morgan fingerprint density at radius 2 is 2.40 bits per heavy atom. The monoisotopic (exact) mass is 215 g/mol. The zero-order valence-corrected chi connectivity index (χ0v) is 8.13. The van der Waals surface area contributed by atoms with Crippen molar-refractivity contribution >= 4 is 0 Å². The second-order valence-electron chi connectivity index (χ2n) is 3.21. The second-order valence-corrected chi connectivity index (χ2v) is 3.21. The van der Waals surface area contributed by atoms with Crippen LogP contribution in [0.1, 0.15) is 23.9 Å². The van der Waals surface area contributed by atoms with Crippen molar-refractivity contribution in [2.24, 2.45) is 5.73 Å². The Kier molecular flexibility index (Phi) is 3.27. The number of hydrogen-bond acceptors (Lipinski definition) is 7. The lowest BCUT2D eigenvalue weighted by Crippen LogP contribution is -2.23. The van der Waals surface area contributed by atoms with Gasteiger partial charge in [0.25, 0.3) is 0 Å². The highest BCUT2D eigenvalue weighted by molar-refractivity contribution is 4.95. The van der Waals surface area contributed by atoms with Gasteiger partial charge in [-0.3, -0.25) is 0 Å². The summed E-state index contributed by atoms with van der Waals surface area (Å²) in [6.45, 7) is 1.27. The van der Waals surface area contributed by atoms with Crippen LogP contribution < -0.4 is 5.73 Å². The number of hydrogen-bond donors (Lipinski definition) is 2. The van der Waals surface area contributed by atoms with Gasteiger partial charge in [-0.15, -0.1) is 0 Å². The molecule has 0 bridgehead atoms. The Morgan fingerprint density at radius 3 is 3.07 bits per heavy atom. The highest BCUT2D eigenvalue weighted by Crippen LogP contribution is 2.18. The van der Waals surface area contributed by atoms with Crippen LogP contribution in [0.2, 0.25) is 0 Å². The van der Waals surface area contributed by atoms with Crippen molar-refractivity contribution in [2.45, 2.75) is 12.1 Å². The first-order chi connectivity index (χ1) is 7.31. The SMILES string of the molecule is NC(CO)c1nc(C2COCCO2)no1. The summed E-state index contributed by atoms with van der Waals surface area (Å²) in [5.41, 5.74) is 5.52. The summed E-state index contributed by atoms with van der Waals surface area (Å²) in [5, 5.41) is 12.5. The van der Waals surface area contributed by atoms with Gasteiger partial charge in [-0.1, -0.05) is 5.16 Å². The highest BCUT2D eigenvalue weighted by atomic mass is 16.6. The smallest absolute Gasteiger partial charge is 0.246 e. The molecule has 7 heteroatoms. The summed E-state index contributed by atoms with van der Waals surface area (Å²) in [6, 6.07) is -0.643. The molecule has 0 spiro atoms. The van der Waals surface area contributed by atoms with E-state index in [1.807, 2.05) is 0 Å². The number of nitrogens with zero attached hydrogens (tertiary/aromatic N) is 2. The molecule has 1 fully saturated rings. The molecule has 0 saturated carbocycles. The molecule has 2 atom stereocenters. The maximum atomic E-state index is 8.80. The Morgan fingerprint density at radius 1 is 1.53 bits per heavy atom. The lowest BCUT2D eigenvalue weighted by Gasteiger charge is -2.19. The first kappa shape index (κ1) is 10.5. The van der Waals surface area contributed by atoms with E-state index >= 15 is 0 Å². The van der Waals surface area contributed by atoms with Crippen LogP contribution in [-0.4, -0.2) is 41.7 Å². The molecule has 2 heterocycles. The fourth-order valence-electron chi connectivity index (χ4n) is 1.24. The van der Waals surface area contributed by atoms with E-state index in [-0.39, 0.29) is 18.6 Å². The van der Waals surface area contributed by atoms with E-state index in [4.69, 9.17) is 24.8 Å². The molecule has 7 nitrogen and oxygen atoms in total. The van der Waals surface area contributed by atoms with Gasteiger partial charge in [-0.2, -0.15) is 4.98 Å². The molecule has 0 amide bonds. The van der Waals surface area contributed by atoms with E-state index in [0.717, 1.165) is 0 Å². The molecule has 3 N–H and O–H groups in total. The third kappa shape index (κ3) is 2.32. The van der Waals surface area contributed by atoms with Gasteiger partial charge in [0.1, 0.15) is 12.1 Å². The number of aromatic nitrogens is 2. The first-order valence-corrected chi connectivity index (χ1v) is 4.70. The minimum atomic E-state index is -0.643. The number of ether oxygens (including phenoxy) is 2. The molecular weight excluding hydrogens is 202 g/mol. The lowest BCUT2D eigenvalue weighted by atomic mass is 10.3. The molecule has 0 radical (unpaired) electrons. The van der Waals surface area contributed by atoms with Crippen LogP contribution >= 0.6 is 0 Å². The molecule has 1 aromatic rings. The van der Waals surface area contributed by atoms with Gasteiger partial charge in [0.2, 0.25) is 11.7 Å². The number of rotatable bonds is 3. The molecule has 0 aliphatic carbocycles. The average molecular weight is 215 g/mol. The standard InChI is InChI=1S/C8H13N3O4/c9-5(3-12)8-10-7(11-15-8)6-4-13-1-2-14-6/h5-6,12H,1-4,9H2. The normalized spacial score (nSPS) is 24.0. The maximum absolute atomic E-state index is 8.80. The van der Waals surface area contributed by atoms with Crippen LogP contribution in [0.15, 0.2) is 4.52 Å². The van der Waals surface area contributed by atoms with Gasteiger partial charge in [-0.25, -0.2) is 0 Å². The van der Waals surface area contributed by atoms with Crippen LogP contribution in [-0.2, 0) is 9.47 Å². The largest absolute Gasteiger partial charge is 0.394 e. The average Bonchev–Trinajstić information content (AvgIpc) is 2.78. The van der Waals surface area contributed by atoms with E-state index in [1.165, 1.54) is 0 Å². The van der Waals surface area contributed by atoms with Gasteiger partial charge in [0.05, 0.1) is 26.4 Å². The summed E-state index contributed by atoms with van der Waals surface area (Å²) in [7, 11) is 0. The Hall–Kier alpha value is -1.02. The summed E-state index contributed by atoms with van der Waals surface area (Å²) in [5.74, 6) is 0.621. The van der Waals surface area contributed by atoms with Gasteiger partial charge in [-0.05, 0) is 0 Å². The van der Waals surface area contributed by atoms with Crippen molar-refractivity contribution in [2.75, 3.05) is 26.4 Å². The van der Waals surface area contributed by atoms with Gasteiger partial charge in [0, 0.05) is 0 Å². The number of nitrogens with two attached hydrogens (primary N) is 1. The summed E-state index contributed by atoms with van der Waals surface area (Å²) in [6.07, 6.45) is -0.304. The van der Waals surface area contributed by atoms with Gasteiger partial charge >= 0.3 is 0 Å². The third-order valence-corrected chi connectivity index (χ3v) is 2.08. The van der Waals surface area contributed by atoms with Crippen molar-refractivity contribution in [3.63, 3.8) is 0 Å². The van der Waals surface area contributed by atoms with E-state index in [0.29, 0.717) is 25.6 Å². The molecule has 1 aliphatic rings. The Bertz CT molecular complexity index is 311. The molecular formula is C8H13N3O4. The zero-order chi connectivity index (χ0) is 10.7. The summed E-state index contributed by atoms with van der Waals surface area (Å²) >= 11 is 0. The Labute approximate surface area is 86.2 Å². The van der Waals surface area contributed by atoms with E-state index in [2.05, 4.69) is 10.1 Å². The quantitative estimate of drug-likeness (QED) is 0.676. The molecule has 84 valence electrons. The molecule has 2 unspecified atom stereocenters. The topological polar surface area (TPSA) is 104 Å². The van der Waals surface area contributed by atoms with Crippen LogP contribution in [0.3, 0.4) is 0 Å². The molecule has 15 heavy (non-hydrogen) atoms. The van der Waals surface area contributed by atoms with Crippen molar-refractivity contribution in [1.29, 1.82) is 0 Å². The molecule has 1 aliphatic heterocycles. The summed E-state index contributed by atoms with van der Waals surface area (Å²) < 4.78 is 15.5. The Balaban J connectivity index is 2.05. The molecule has 0 aromatic carbocycles. The van der Waals surface area contributed by atoms with E-state index in [1.54, 1.807) is 0 Å². The van der Waals surface area contributed by atoms with Crippen LogP contribution in [0.5, 0.6) is 0 Å². The molecule has 1 saturated heterocycles. The van der Waals surface area contributed by atoms with Gasteiger partial charge in [0.15, 0.2) is 0 Å². The van der Waals surface area contributed by atoms with Crippen molar-refractivity contribution < 1.29 is 19.1 Å². The van der Waals surface area contributed by atoms with Crippen molar-refractivity contribution in [1.82, 2.24) is 10.1 Å². The minimum Gasteiger partial charge on any atom is -0.394 e. The maximum Gasteiger partial charge on any atom is 0.246 e. The predicted molar refractivity (Wildman–Crippen MR) is 47.8 cm³/mol. The zero-order valence-electron chi connectivity index (χ0n) is 8.13. The third-order valence-electron chi connectivity index (χ3n) is 2.08. The fraction of sp³-hybridized carbons (Fsp3) is 0.750. The van der Waals surface area contributed by atoms with Crippen molar-refractivity contribution in [3.05, 3.63) is 11.7 Å². The predicted octanol–water partition coefficient (Wildman–Crippen LogP) is -0.850. The summed E-state index contributed by atoms with van der Waals surface area (Å²) in [4.78, 5) is 4.04. The minimum absolute atomic E-state index is 0.210. The second kappa shape index (κ2) is 4.67. The van der Waals surface area contributed by atoms with Crippen LogP contribution in [0.4, 0.5) is 0 Å². The van der Waals surface area contributed by atoms with Gasteiger partial charge < -0.3 is 24.8 Å².